The first kappa shape index (κ1) is 15.2. The van der Waals surface area contributed by atoms with Gasteiger partial charge < -0.3 is 10.1 Å². The summed E-state index contributed by atoms with van der Waals surface area (Å²) < 4.78 is 0. The van der Waals surface area contributed by atoms with Gasteiger partial charge in [-0.2, -0.15) is 0 Å². The van der Waals surface area contributed by atoms with Gasteiger partial charge in [0.2, 0.25) is 5.91 Å². The van der Waals surface area contributed by atoms with Crippen molar-refractivity contribution in [2.45, 2.75) is 38.6 Å². The van der Waals surface area contributed by atoms with Gasteiger partial charge in [-0.15, -0.1) is 6.58 Å². The van der Waals surface area contributed by atoms with E-state index in [1.54, 1.807) is 6.08 Å². The third-order valence-electron chi connectivity index (χ3n) is 3.05. The highest BCUT2D eigenvalue weighted by atomic mass is 16.1. The second-order valence-corrected chi connectivity index (χ2v) is 4.62. The van der Waals surface area contributed by atoms with E-state index >= 15 is 0 Å². The Labute approximate surface area is 114 Å². The molecule has 1 atom stereocenters. The number of benzene rings is 1. The van der Waals surface area contributed by atoms with Crippen LogP contribution in [0.3, 0.4) is 0 Å². The molecule has 0 saturated carbocycles. The highest BCUT2D eigenvalue weighted by Crippen LogP contribution is 2.11. The number of hydrogen-bond donors (Lipinski definition) is 1. The van der Waals surface area contributed by atoms with E-state index in [2.05, 4.69) is 11.9 Å². The van der Waals surface area contributed by atoms with Crippen LogP contribution in [0.2, 0.25) is 0 Å². The first-order valence-corrected chi connectivity index (χ1v) is 6.55. The first-order valence-electron chi connectivity index (χ1n) is 6.55. The van der Waals surface area contributed by atoms with E-state index in [1.165, 1.54) is 11.1 Å². The molecule has 3 heteroatoms. The molecule has 19 heavy (non-hydrogen) atoms. The van der Waals surface area contributed by atoms with E-state index < -0.39 is 0 Å². The number of hydrogen-bond acceptors (Lipinski definition) is 2. The molecule has 1 N–H and O–H groups in total. The summed E-state index contributed by atoms with van der Waals surface area (Å²) in [5, 5.41) is 2.91. The second-order valence-electron chi connectivity index (χ2n) is 4.62. The van der Waals surface area contributed by atoms with Crippen LogP contribution < -0.4 is 5.32 Å². The third kappa shape index (κ3) is 5.51. The standard InChI is InChI=1S/C16H21NO2/c1-3-4-9-16(19)17-15(10-11-18)12-14-8-6-5-7-13(14)2/h3,5-8,11,15H,1,4,9-10,12H2,2H3,(H,17,19). The molecule has 1 aromatic carbocycles. The molecule has 0 saturated heterocycles. The van der Waals surface area contributed by atoms with E-state index in [9.17, 15) is 9.59 Å². The van der Waals surface area contributed by atoms with Gasteiger partial charge in [0.1, 0.15) is 6.29 Å². The van der Waals surface area contributed by atoms with Crippen molar-refractivity contribution in [3.63, 3.8) is 0 Å². The fraction of sp³-hybridized carbons (Fsp3) is 0.375. The fourth-order valence-electron chi connectivity index (χ4n) is 1.95. The van der Waals surface area contributed by atoms with Crippen molar-refractivity contribution in [2.24, 2.45) is 0 Å². The summed E-state index contributed by atoms with van der Waals surface area (Å²) in [7, 11) is 0. The maximum Gasteiger partial charge on any atom is 0.220 e. The highest BCUT2D eigenvalue weighted by molar-refractivity contribution is 5.76. The van der Waals surface area contributed by atoms with Crippen LogP contribution in [0.25, 0.3) is 0 Å². The lowest BCUT2D eigenvalue weighted by atomic mass is 9.99. The van der Waals surface area contributed by atoms with Crippen LogP contribution in [0, 0.1) is 6.92 Å². The number of carbonyl (C=O) groups is 2. The molecule has 0 aliphatic rings. The minimum absolute atomic E-state index is 0.0275. The molecule has 0 heterocycles. The Morgan fingerprint density at radius 2 is 2.16 bits per heavy atom. The van der Waals surface area contributed by atoms with Crippen molar-refractivity contribution < 1.29 is 9.59 Å². The molecule has 1 rings (SSSR count). The van der Waals surface area contributed by atoms with Crippen molar-refractivity contribution in [1.29, 1.82) is 0 Å². The summed E-state index contributed by atoms with van der Waals surface area (Å²) >= 11 is 0. The highest BCUT2D eigenvalue weighted by Gasteiger charge is 2.13. The Bertz CT molecular complexity index is 440. The summed E-state index contributed by atoms with van der Waals surface area (Å²) in [5.41, 5.74) is 2.34. The number of nitrogens with one attached hydrogen (secondary N) is 1. The van der Waals surface area contributed by atoms with Gasteiger partial charge in [0.05, 0.1) is 0 Å². The lowest BCUT2D eigenvalue weighted by Gasteiger charge is -2.17. The molecule has 0 aromatic heterocycles. The zero-order valence-electron chi connectivity index (χ0n) is 11.4. The zero-order valence-corrected chi connectivity index (χ0v) is 11.4. The quantitative estimate of drug-likeness (QED) is 0.576. The topological polar surface area (TPSA) is 46.2 Å². The average molecular weight is 259 g/mol. The van der Waals surface area contributed by atoms with Crippen molar-refractivity contribution in [2.75, 3.05) is 0 Å². The Balaban J connectivity index is 2.62. The van der Waals surface area contributed by atoms with Crippen LogP contribution in [-0.2, 0) is 16.0 Å². The number of rotatable bonds is 8. The predicted octanol–water partition coefficient (Wildman–Crippen LogP) is 2.58. The third-order valence-corrected chi connectivity index (χ3v) is 3.05. The summed E-state index contributed by atoms with van der Waals surface area (Å²) in [5.74, 6) is -0.0275. The molecule has 1 aromatic rings. The lowest BCUT2D eigenvalue weighted by molar-refractivity contribution is -0.121. The van der Waals surface area contributed by atoms with Gasteiger partial charge in [-0.3, -0.25) is 4.79 Å². The average Bonchev–Trinajstić information content (AvgIpc) is 2.39. The van der Waals surface area contributed by atoms with Crippen molar-refractivity contribution >= 4 is 12.2 Å². The van der Waals surface area contributed by atoms with Crippen LogP contribution in [0.5, 0.6) is 0 Å². The minimum Gasteiger partial charge on any atom is -0.353 e. The molecule has 0 bridgehead atoms. The molecule has 0 fully saturated rings. The van der Waals surface area contributed by atoms with Crippen molar-refractivity contribution in [1.82, 2.24) is 5.32 Å². The number of aryl methyl sites for hydroxylation is 1. The smallest absolute Gasteiger partial charge is 0.220 e. The van der Waals surface area contributed by atoms with E-state index in [-0.39, 0.29) is 11.9 Å². The molecular weight excluding hydrogens is 238 g/mol. The molecule has 1 amide bonds. The summed E-state index contributed by atoms with van der Waals surface area (Å²) in [6, 6.07) is 7.89. The lowest BCUT2D eigenvalue weighted by Crippen LogP contribution is -2.36. The summed E-state index contributed by atoms with van der Waals surface area (Å²) in [4.78, 5) is 22.4. The van der Waals surface area contributed by atoms with Crippen LogP contribution in [0.4, 0.5) is 0 Å². The van der Waals surface area contributed by atoms with Gasteiger partial charge >= 0.3 is 0 Å². The Hall–Kier alpha value is -1.90. The van der Waals surface area contributed by atoms with Crippen molar-refractivity contribution in [3.8, 4) is 0 Å². The minimum atomic E-state index is -0.129. The largest absolute Gasteiger partial charge is 0.353 e. The van der Waals surface area contributed by atoms with Gasteiger partial charge in [-0.05, 0) is 30.9 Å². The Kier molecular flexibility index (Phi) is 6.58. The van der Waals surface area contributed by atoms with Gasteiger partial charge in [-0.25, -0.2) is 0 Å². The number of amides is 1. The van der Waals surface area contributed by atoms with Crippen LogP contribution in [0.15, 0.2) is 36.9 Å². The molecule has 3 nitrogen and oxygen atoms in total. The van der Waals surface area contributed by atoms with E-state index in [4.69, 9.17) is 0 Å². The molecule has 0 radical (unpaired) electrons. The maximum atomic E-state index is 11.7. The molecular formula is C16H21NO2. The fourth-order valence-corrected chi connectivity index (χ4v) is 1.95. The van der Waals surface area contributed by atoms with E-state index in [0.717, 1.165) is 6.29 Å². The van der Waals surface area contributed by atoms with E-state index in [1.807, 2.05) is 31.2 Å². The van der Waals surface area contributed by atoms with Crippen molar-refractivity contribution in [3.05, 3.63) is 48.0 Å². The van der Waals surface area contributed by atoms with Crippen LogP contribution in [-0.4, -0.2) is 18.2 Å². The summed E-state index contributed by atoms with van der Waals surface area (Å²) in [6.07, 6.45) is 4.68. The molecule has 102 valence electrons. The Morgan fingerprint density at radius 3 is 2.79 bits per heavy atom. The van der Waals surface area contributed by atoms with Gasteiger partial charge in [0.25, 0.3) is 0 Å². The van der Waals surface area contributed by atoms with Crippen LogP contribution >= 0.6 is 0 Å². The number of allylic oxidation sites excluding steroid dienone is 1. The summed E-state index contributed by atoms with van der Waals surface area (Å²) in [6.45, 7) is 5.63. The molecule has 0 aliphatic heterocycles. The number of aldehydes is 1. The van der Waals surface area contributed by atoms with E-state index in [0.29, 0.717) is 25.7 Å². The maximum absolute atomic E-state index is 11.7. The second kappa shape index (κ2) is 8.25. The monoisotopic (exact) mass is 259 g/mol. The Morgan fingerprint density at radius 1 is 1.42 bits per heavy atom. The van der Waals surface area contributed by atoms with Gasteiger partial charge in [0, 0.05) is 18.9 Å². The molecule has 1 unspecified atom stereocenters. The van der Waals surface area contributed by atoms with Crippen LogP contribution in [0.1, 0.15) is 30.4 Å². The van der Waals surface area contributed by atoms with Gasteiger partial charge in [-0.1, -0.05) is 30.3 Å². The zero-order chi connectivity index (χ0) is 14.1. The SMILES string of the molecule is C=CCCC(=O)NC(CC=O)Cc1ccccc1C. The normalized spacial score (nSPS) is 11.6. The predicted molar refractivity (Wildman–Crippen MR) is 76.9 cm³/mol. The van der Waals surface area contributed by atoms with Gasteiger partial charge in [0.15, 0.2) is 0 Å². The first-order chi connectivity index (χ1) is 9.17. The molecule has 0 aliphatic carbocycles. The molecule has 0 spiro atoms. The number of carbonyl (C=O) groups excluding carboxylic acids is 2.